The Balaban J connectivity index is 5.51. The Morgan fingerprint density at radius 1 is 0.650 bits per heavy atom. The summed E-state index contributed by atoms with van der Waals surface area (Å²) in [4.78, 5) is 79.9. The van der Waals surface area contributed by atoms with Crippen molar-refractivity contribution in [2.45, 2.75) is 69.1 Å². The molecule has 0 bridgehead atoms. The minimum Gasteiger partial charge on any atom is -0.481 e. The Morgan fingerprint density at radius 2 is 1.12 bits per heavy atom. The van der Waals surface area contributed by atoms with Crippen LogP contribution in [-0.2, 0) is 28.8 Å². The molecule has 0 aliphatic rings. The van der Waals surface area contributed by atoms with Crippen molar-refractivity contribution < 1.29 is 39.0 Å². The van der Waals surface area contributed by atoms with Crippen LogP contribution < -0.4 is 50.4 Å². The lowest BCUT2D eigenvalue weighted by atomic mass is 10.1. The monoisotopic (exact) mass is 573 g/mol. The predicted octanol–water partition coefficient (Wildman–Crippen LogP) is -5.30. The highest BCUT2D eigenvalue weighted by molar-refractivity contribution is 5.95. The Hall–Kier alpha value is -4.68. The number of carbonyl (C=O) groups excluding carboxylic acids is 4. The van der Waals surface area contributed by atoms with Gasteiger partial charge in [-0.05, 0) is 32.1 Å². The van der Waals surface area contributed by atoms with Crippen molar-refractivity contribution in [3.05, 3.63) is 0 Å². The summed E-state index contributed by atoms with van der Waals surface area (Å²) in [6.07, 6.45) is -1.06. The van der Waals surface area contributed by atoms with E-state index in [0.29, 0.717) is 6.42 Å². The van der Waals surface area contributed by atoms with Crippen LogP contribution in [0.1, 0.15) is 44.9 Å². The van der Waals surface area contributed by atoms with Gasteiger partial charge in [0.25, 0.3) is 0 Å². The molecule has 0 heterocycles. The van der Waals surface area contributed by atoms with Gasteiger partial charge in [0.15, 0.2) is 11.9 Å². The average molecular weight is 574 g/mol. The Kier molecular flexibility index (Phi) is 16.4. The Bertz CT molecular complexity index is 964. The van der Waals surface area contributed by atoms with Crippen LogP contribution in [0, 0.1) is 0 Å². The van der Waals surface area contributed by atoms with Crippen molar-refractivity contribution in [2.75, 3.05) is 13.1 Å². The summed E-state index contributed by atoms with van der Waals surface area (Å²) in [7, 11) is 0. The second-order valence-electron chi connectivity index (χ2n) is 8.63. The molecule has 4 unspecified atom stereocenters. The molecular formula is C21H39N11O8. The maximum atomic E-state index is 12.9. The van der Waals surface area contributed by atoms with E-state index in [2.05, 4.69) is 25.9 Å². The SMILES string of the molecule is NC(=O)CCC(NC(=O)C(CC(=O)O)NC(=O)C(N)CCCN=C(N)N)C(=O)NC(CCCN=C(N)N)C(=O)O. The molecule has 40 heavy (non-hydrogen) atoms. The highest BCUT2D eigenvalue weighted by atomic mass is 16.4. The number of carbonyl (C=O) groups is 6. The van der Waals surface area contributed by atoms with Crippen molar-refractivity contribution in [2.24, 2.45) is 44.4 Å². The van der Waals surface area contributed by atoms with E-state index < -0.39 is 66.2 Å². The predicted molar refractivity (Wildman–Crippen MR) is 142 cm³/mol. The van der Waals surface area contributed by atoms with Crippen LogP contribution in [0.5, 0.6) is 0 Å². The third-order valence-corrected chi connectivity index (χ3v) is 5.19. The van der Waals surface area contributed by atoms with Crippen LogP contribution in [0.25, 0.3) is 0 Å². The van der Waals surface area contributed by atoms with Gasteiger partial charge in [-0.2, -0.15) is 0 Å². The number of carboxylic acid groups (broad SMARTS) is 2. The molecule has 0 aliphatic carbocycles. The smallest absolute Gasteiger partial charge is 0.326 e. The molecule has 19 heteroatoms. The van der Waals surface area contributed by atoms with E-state index >= 15 is 0 Å². The molecule has 0 aromatic carbocycles. The van der Waals surface area contributed by atoms with Crippen molar-refractivity contribution in [1.82, 2.24) is 16.0 Å². The number of nitrogens with one attached hydrogen (secondary N) is 3. The highest BCUT2D eigenvalue weighted by Gasteiger charge is 2.31. The number of nitrogens with two attached hydrogens (primary N) is 6. The van der Waals surface area contributed by atoms with E-state index in [-0.39, 0.29) is 57.1 Å². The van der Waals surface area contributed by atoms with Crippen LogP contribution >= 0.6 is 0 Å². The number of nitrogens with zero attached hydrogens (tertiary/aromatic N) is 2. The fourth-order valence-corrected chi connectivity index (χ4v) is 3.17. The first-order valence-corrected chi connectivity index (χ1v) is 12.1. The second kappa shape index (κ2) is 18.6. The van der Waals surface area contributed by atoms with Gasteiger partial charge in [0.1, 0.15) is 18.1 Å². The van der Waals surface area contributed by atoms with Gasteiger partial charge in [-0.25, -0.2) is 4.79 Å². The van der Waals surface area contributed by atoms with Gasteiger partial charge < -0.3 is 60.6 Å². The lowest BCUT2D eigenvalue weighted by molar-refractivity contribution is -0.143. The number of hydrogen-bond donors (Lipinski definition) is 11. The molecule has 4 amide bonds. The summed E-state index contributed by atoms with van der Waals surface area (Å²) in [5.74, 6) is -6.92. The van der Waals surface area contributed by atoms with Crippen molar-refractivity contribution in [1.29, 1.82) is 0 Å². The third-order valence-electron chi connectivity index (χ3n) is 5.19. The summed E-state index contributed by atoms with van der Waals surface area (Å²) in [6, 6.07) is -5.70. The molecule has 0 radical (unpaired) electrons. The molecule has 226 valence electrons. The van der Waals surface area contributed by atoms with Crippen molar-refractivity contribution in [3.8, 4) is 0 Å². The zero-order chi connectivity index (χ0) is 30.8. The lowest BCUT2D eigenvalue weighted by Gasteiger charge is -2.24. The molecule has 0 saturated heterocycles. The molecule has 19 nitrogen and oxygen atoms in total. The normalized spacial score (nSPS) is 13.4. The molecule has 0 spiro atoms. The van der Waals surface area contributed by atoms with E-state index in [0.717, 1.165) is 0 Å². The molecule has 0 aromatic heterocycles. The van der Waals surface area contributed by atoms with E-state index in [1.807, 2.05) is 0 Å². The van der Waals surface area contributed by atoms with Crippen LogP contribution in [0.15, 0.2) is 9.98 Å². The van der Waals surface area contributed by atoms with Crippen LogP contribution in [0.4, 0.5) is 0 Å². The van der Waals surface area contributed by atoms with E-state index in [1.165, 1.54) is 0 Å². The summed E-state index contributed by atoms with van der Waals surface area (Å²) in [5.41, 5.74) is 31.8. The van der Waals surface area contributed by atoms with Gasteiger partial charge in [-0.3, -0.25) is 34.0 Å². The minimum atomic E-state index is -1.66. The summed E-state index contributed by atoms with van der Waals surface area (Å²) < 4.78 is 0. The molecule has 0 fully saturated rings. The third kappa shape index (κ3) is 16.2. The average Bonchev–Trinajstić information content (AvgIpc) is 2.84. The molecule has 0 saturated carbocycles. The maximum Gasteiger partial charge on any atom is 0.326 e. The van der Waals surface area contributed by atoms with E-state index in [1.54, 1.807) is 0 Å². The fraction of sp³-hybridized carbons (Fsp3) is 0.619. The fourth-order valence-electron chi connectivity index (χ4n) is 3.17. The minimum absolute atomic E-state index is 0.0763. The van der Waals surface area contributed by atoms with Crippen molar-refractivity contribution >= 4 is 47.5 Å². The molecule has 0 rings (SSSR count). The van der Waals surface area contributed by atoms with Crippen LogP contribution in [0.3, 0.4) is 0 Å². The Labute approximate surface area is 229 Å². The van der Waals surface area contributed by atoms with Gasteiger partial charge in [0.05, 0.1) is 12.5 Å². The molecule has 4 atom stereocenters. The van der Waals surface area contributed by atoms with Crippen LogP contribution in [0.2, 0.25) is 0 Å². The quantitative estimate of drug-likeness (QED) is 0.0368. The number of hydrogen-bond acceptors (Lipinski definition) is 9. The van der Waals surface area contributed by atoms with Gasteiger partial charge in [-0.1, -0.05) is 0 Å². The number of aliphatic carboxylic acids is 2. The first-order chi connectivity index (χ1) is 18.6. The molecule has 0 aromatic rings. The number of guanidine groups is 2. The molecular weight excluding hydrogens is 534 g/mol. The summed E-state index contributed by atoms with van der Waals surface area (Å²) in [6.45, 7) is 0.279. The number of aliphatic imine (C=N–C) groups is 2. The summed E-state index contributed by atoms with van der Waals surface area (Å²) >= 11 is 0. The number of rotatable bonds is 20. The zero-order valence-electron chi connectivity index (χ0n) is 21.9. The van der Waals surface area contributed by atoms with E-state index in [9.17, 15) is 39.0 Å². The molecule has 0 aliphatic heterocycles. The first-order valence-electron chi connectivity index (χ1n) is 12.1. The lowest BCUT2D eigenvalue weighted by Crippen LogP contribution is -2.57. The number of amides is 4. The van der Waals surface area contributed by atoms with Crippen LogP contribution in [-0.4, -0.2) is 95.0 Å². The van der Waals surface area contributed by atoms with E-state index in [4.69, 9.17) is 34.4 Å². The zero-order valence-corrected chi connectivity index (χ0v) is 21.9. The van der Waals surface area contributed by atoms with Gasteiger partial charge in [0.2, 0.25) is 23.6 Å². The van der Waals surface area contributed by atoms with Crippen molar-refractivity contribution in [3.63, 3.8) is 0 Å². The standard InChI is InChI=1S/C21H39N11O8/c22-10(3-1-7-28-20(24)25)16(36)32-13(9-15(34)35)18(38)30-11(5-6-14(23)33)17(37)31-12(19(39)40)4-2-8-29-21(26)27/h10-13H,1-9,22H2,(H2,23,33)(H,30,38)(H,31,37)(H,32,36)(H,34,35)(H,39,40)(H4,24,25,28)(H4,26,27,29). The van der Waals surface area contributed by atoms with Gasteiger partial charge >= 0.3 is 11.9 Å². The first kappa shape index (κ1) is 35.3. The highest BCUT2D eigenvalue weighted by Crippen LogP contribution is 2.05. The summed E-state index contributed by atoms with van der Waals surface area (Å²) in [5, 5.41) is 25.4. The van der Waals surface area contributed by atoms with Gasteiger partial charge in [-0.15, -0.1) is 0 Å². The Morgan fingerprint density at radius 3 is 1.60 bits per heavy atom. The second-order valence-corrected chi connectivity index (χ2v) is 8.63. The number of primary amides is 1. The van der Waals surface area contributed by atoms with Gasteiger partial charge in [0, 0.05) is 19.5 Å². The number of carboxylic acids is 2. The topological polar surface area (TPSA) is 360 Å². The maximum absolute atomic E-state index is 12.9. The largest absolute Gasteiger partial charge is 0.481 e. The molecule has 17 N–H and O–H groups in total.